The maximum Gasteiger partial charge on any atom is 0.302 e. The van der Waals surface area contributed by atoms with Crippen molar-refractivity contribution < 1.29 is 19.4 Å². The number of esters is 1. The molecule has 26 heavy (non-hydrogen) atoms. The number of rotatable bonds is 2. The summed E-state index contributed by atoms with van der Waals surface area (Å²) in [6, 6.07) is 0. The molecule has 4 rings (SSSR count). The highest BCUT2D eigenvalue weighted by Crippen LogP contribution is 2.71. The van der Waals surface area contributed by atoms with E-state index < -0.39 is 11.5 Å². The molecule has 0 amide bonds. The second-order valence-electron chi connectivity index (χ2n) is 10.4. The Balaban J connectivity index is 1.72. The van der Waals surface area contributed by atoms with E-state index in [9.17, 15) is 14.7 Å². The number of carbonyl (C=O) groups excluding carboxylic acids is 2. The summed E-state index contributed by atoms with van der Waals surface area (Å²) in [7, 11) is 0. The molecule has 0 aromatic heterocycles. The first-order valence-corrected chi connectivity index (χ1v) is 10.5. The van der Waals surface area contributed by atoms with Crippen LogP contribution in [0.4, 0.5) is 0 Å². The van der Waals surface area contributed by atoms with Crippen LogP contribution < -0.4 is 0 Å². The van der Waals surface area contributed by atoms with Crippen molar-refractivity contribution in [3.63, 3.8) is 0 Å². The van der Waals surface area contributed by atoms with Crippen LogP contribution in [-0.2, 0) is 14.3 Å². The van der Waals surface area contributed by atoms with Crippen molar-refractivity contribution in [2.24, 2.45) is 39.9 Å². The minimum Gasteiger partial charge on any atom is -0.465 e. The number of hydrogen-bond donors (Lipinski definition) is 1. The van der Waals surface area contributed by atoms with E-state index in [-0.39, 0.29) is 28.6 Å². The van der Waals surface area contributed by atoms with Crippen LogP contribution in [0.5, 0.6) is 0 Å². The van der Waals surface area contributed by atoms with Crippen LogP contribution >= 0.6 is 0 Å². The van der Waals surface area contributed by atoms with E-state index in [4.69, 9.17) is 4.74 Å². The highest BCUT2D eigenvalue weighted by Gasteiger charge is 2.70. The topological polar surface area (TPSA) is 63.6 Å². The summed E-state index contributed by atoms with van der Waals surface area (Å²) in [6.07, 6.45) is 6.47. The summed E-state index contributed by atoms with van der Waals surface area (Å²) in [4.78, 5) is 24.7. The third-order valence-electron chi connectivity index (χ3n) is 9.18. The third-order valence-corrected chi connectivity index (χ3v) is 9.18. The lowest BCUT2D eigenvalue weighted by molar-refractivity contribution is -0.207. The molecule has 0 aromatic carbocycles. The van der Waals surface area contributed by atoms with Gasteiger partial charge < -0.3 is 9.84 Å². The normalized spacial score (nSPS) is 53.0. The molecule has 0 heterocycles. The van der Waals surface area contributed by atoms with Crippen LogP contribution in [0.2, 0.25) is 0 Å². The van der Waals surface area contributed by atoms with E-state index in [0.29, 0.717) is 30.6 Å². The zero-order valence-corrected chi connectivity index (χ0v) is 16.7. The standard InChI is InChI=1S/C22H34O4/c1-13-15-6-7-16-21(4)9-5-8-20(3,12-26-14(2)23)17(21)10-18(24)22(16,11-15)19(13)25/h13,15-18,24H,5-12H2,1-4H3/t13-,15-,16+,17-,18-,20+,21+,22-/m1/s1. The lowest BCUT2D eigenvalue weighted by atomic mass is 9.40. The Bertz CT molecular complexity index is 630. The van der Waals surface area contributed by atoms with E-state index in [1.54, 1.807) is 0 Å². The van der Waals surface area contributed by atoms with Gasteiger partial charge in [0.05, 0.1) is 18.1 Å². The molecule has 4 aliphatic rings. The second kappa shape index (κ2) is 5.80. The third kappa shape index (κ3) is 2.23. The molecule has 4 aliphatic carbocycles. The fourth-order valence-electron chi connectivity index (χ4n) is 7.97. The van der Waals surface area contributed by atoms with Crippen LogP contribution in [0.25, 0.3) is 0 Å². The Labute approximate surface area is 157 Å². The van der Waals surface area contributed by atoms with Gasteiger partial charge in [-0.3, -0.25) is 9.59 Å². The number of hydrogen-bond acceptors (Lipinski definition) is 4. The van der Waals surface area contributed by atoms with Gasteiger partial charge in [0.25, 0.3) is 0 Å². The van der Waals surface area contributed by atoms with E-state index in [0.717, 1.165) is 38.5 Å². The molecule has 8 atom stereocenters. The summed E-state index contributed by atoms with van der Waals surface area (Å²) < 4.78 is 5.46. The number of aliphatic hydroxyl groups excluding tert-OH is 1. The Morgan fingerprint density at radius 2 is 1.96 bits per heavy atom. The molecule has 146 valence electrons. The fourth-order valence-corrected chi connectivity index (χ4v) is 7.97. The molecule has 0 radical (unpaired) electrons. The summed E-state index contributed by atoms with van der Waals surface area (Å²) in [5.74, 6) is 1.25. The van der Waals surface area contributed by atoms with Crippen molar-refractivity contribution in [1.82, 2.24) is 0 Å². The Kier molecular flexibility index (Phi) is 4.12. The molecule has 2 bridgehead atoms. The van der Waals surface area contributed by atoms with Crippen molar-refractivity contribution in [3.8, 4) is 0 Å². The van der Waals surface area contributed by atoms with Crippen LogP contribution in [0.3, 0.4) is 0 Å². The number of aliphatic hydroxyl groups is 1. The number of ether oxygens (including phenoxy) is 1. The molecule has 0 aromatic rings. The van der Waals surface area contributed by atoms with Gasteiger partial charge in [-0.05, 0) is 61.7 Å². The maximum atomic E-state index is 13.3. The molecule has 0 aliphatic heterocycles. The van der Waals surface area contributed by atoms with Crippen LogP contribution in [0.1, 0.15) is 72.6 Å². The van der Waals surface area contributed by atoms with Gasteiger partial charge in [-0.1, -0.05) is 27.2 Å². The Morgan fingerprint density at radius 1 is 1.23 bits per heavy atom. The van der Waals surface area contributed by atoms with Gasteiger partial charge in [0.2, 0.25) is 0 Å². The van der Waals surface area contributed by atoms with E-state index in [2.05, 4.69) is 20.8 Å². The van der Waals surface area contributed by atoms with Crippen molar-refractivity contribution in [2.75, 3.05) is 6.61 Å². The van der Waals surface area contributed by atoms with Crippen LogP contribution in [-0.4, -0.2) is 29.6 Å². The predicted octanol–water partition coefficient (Wildman–Crippen LogP) is 3.75. The largest absolute Gasteiger partial charge is 0.465 e. The maximum absolute atomic E-state index is 13.3. The van der Waals surface area contributed by atoms with Gasteiger partial charge in [0.15, 0.2) is 0 Å². The molecule has 4 heteroatoms. The summed E-state index contributed by atoms with van der Waals surface area (Å²) in [5.41, 5.74) is -0.560. The lowest BCUT2D eigenvalue weighted by Crippen LogP contribution is -2.64. The first kappa shape index (κ1) is 18.5. The molecule has 4 nitrogen and oxygen atoms in total. The van der Waals surface area contributed by atoms with Gasteiger partial charge in [-0.15, -0.1) is 0 Å². The van der Waals surface area contributed by atoms with Gasteiger partial charge >= 0.3 is 5.97 Å². The summed E-state index contributed by atoms with van der Waals surface area (Å²) >= 11 is 0. The minimum absolute atomic E-state index is 0.0526. The molecule has 4 fully saturated rings. The van der Waals surface area contributed by atoms with Gasteiger partial charge in [-0.25, -0.2) is 0 Å². The van der Waals surface area contributed by atoms with Crippen molar-refractivity contribution in [2.45, 2.75) is 78.7 Å². The van der Waals surface area contributed by atoms with E-state index in [1.165, 1.54) is 6.92 Å². The first-order valence-electron chi connectivity index (χ1n) is 10.5. The number of ketones is 1. The first-order chi connectivity index (χ1) is 12.1. The van der Waals surface area contributed by atoms with Crippen molar-refractivity contribution >= 4 is 11.8 Å². The van der Waals surface area contributed by atoms with E-state index >= 15 is 0 Å². The van der Waals surface area contributed by atoms with E-state index in [1.807, 2.05) is 0 Å². The molecular formula is C22H34O4. The Hall–Kier alpha value is -0.900. The SMILES string of the molecule is CC(=O)OC[C@]1(C)CCC[C@]2(C)[C@@H]1C[C@@H](O)[C@@]13C[C@@H](CC[C@@H]21)[C@@H](C)C3=O. The summed E-state index contributed by atoms with van der Waals surface area (Å²) in [5, 5.41) is 11.3. The van der Waals surface area contributed by atoms with Crippen molar-refractivity contribution in [1.29, 1.82) is 0 Å². The Morgan fingerprint density at radius 3 is 2.65 bits per heavy atom. The lowest BCUT2D eigenvalue weighted by Gasteiger charge is -2.64. The monoisotopic (exact) mass is 362 g/mol. The van der Waals surface area contributed by atoms with Gasteiger partial charge in [0, 0.05) is 18.3 Å². The molecule has 0 unspecified atom stereocenters. The smallest absolute Gasteiger partial charge is 0.302 e. The fraction of sp³-hybridized carbons (Fsp3) is 0.909. The second-order valence-corrected chi connectivity index (χ2v) is 10.4. The molecule has 1 N–H and O–H groups in total. The number of carbonyl (C=O) groups is 2. The molecule has 0 saturated heterocycles. The highest BCUT2D eigenvalue weighted by atomic mass is 16.5. The molecule has 1 spiro atoms. The molecule has 4 saturated carbocycles. The summed E-state index contributed by atoms with van der Waals surface area (Å²) in [6.45, 7) is 8.58. The van der Waals surface area contributed by atoms with Crippen LogP contribution in [0.15, 0.2) is 0 Å². The quantitative estimate of drug-likeness (QED) is 0.760. The van der Waals surface area contributed by atoms with Crippen molar-refractivity contribution in [3.05, 3.63) is 0 Å². The van der Waals surface area contributed by atoms with Gasteiger partial charge in [0.1, 0.15) is 5.78 Å². The average molecular weight is 363 g/mol. The highest BCUT2D eigenvalue weighted by molar-refractivity contribution is 5.91. The zero-order chi connectivity index (χ0) is 18.9. The average Bonchev–Trinajstić information content (AvgIpc) is 2.77. The predicted molar refractivity (Wildman–Crippen MR) is 98.2 cm³/mol. The number of fused-ring (bicyclic) bond motifs is 3. The zero-order valence-electron chi connectivity index (χ0n) is 16.7. The molecular weight excluding hydrogens is 328 g/mol. The number of Topliss-reactive ketones (excluding diaryl/α,β-unsaturated/α-hetero) is 1. The van der Waals surface area contributed by atoms with Crippen LogP contribution in [0, 0.1) is 39.9 Å². The minimum atomic E-state index is -0.541. The van der Waals surface area contributed by atoms with Gasteiger partial charge in [-0.2, -0.15) is 0 Å².